The first-order chi connectivity index (χ1) is 15.2. The van der Waals surface area contributed by atoms with E-state index in [9.17, 15) is 22.6 Å². The molecule has 3 rings (SSSR count). The fraction of sp³-hybridized carbons (Fsp3) is 0.0526. The molecular formula is C19H16ClN3O7PS+. The minimum atomic E-state index is -4.16. The van der Waals surface area contributed by atoms with E-state index in [0.29, 0.717) is 22.2 Å². The van der Waals surface area contributed by atoms with Crippen LogP contribution in [-0.4, -0.2) is 25.1 Å². The predicted molar refractivity (Wildman–Crippen MR) is 120 cm³/mol. The molecule has 3 aromatic rings. The average Bonchev–Trinajstić information content (AvgIpc) is 2.73. The Morgan fingerprint density at radius 2 is 1.94 bits per heavy atom. The molecule has 1 aromatic heterocycles. The van der Waals surface area contributed by atoms with Gasteiger partial charge in [0.2, 0.25) is 0 Å². The van der Waals surface area contributed by atoms with Crippen LogP contribution in [0.1, 0.15) is 10.4 Å². The Morgan fingerprint density at radius 3 is 2.62 bits per heavy atom. The number of hydrazine groups is 1. The van der Waals surface area contributed by atoms with Gasteiger partial charge in [-0.25, -0.2) is 4.52 Å². The van der Waals surface area contributed by atoms with Gasteiger partial charge >= 0.3 is 18.4 Å². The second-order valence-corrected chi connectivity index (χ2v) is 9.31. The quantitative estimate of drug-likeness (QED) is 0.232. The number of anilines is 1. The van der Waals surface area contributed by atoms with Gasteiger partial charge < -0.3 is 4.98 Å². The van der Waals surface area contributed by atoms with Gasteiger partial charge in [-0.15, -0.1) is 6.58 Å². The van der Waals surface area contributed by atoms with Crippen LogP contribution in [0.25, 0.3) is 10.9 Å². The molecular weight excluding hydrogens is 481 g/mol. The second kappa shape index (κ2) is 9.92. The number of fused-ring (bicyclic) bond motifs is 1. The highest BCUT2D eigenvalue weighted by atomic mass is 35.5. The van der Waals surface area contributed by atoms with Gasteiger partial charge in [-0.2, -0.15) is 8.42 Å². The second-order valence-electron chi connectivity index (χ2n) is 6.23. The number of amides is 1. The molecule has 0 saturated carbocycles. The fourth-order valence-corrected chi connectivity index (χ4v) is 4.42. The zero-order valence-electron chi connectivity index (χ0n) is 16.2. The SMILES string of the molecule is C=CCS(=O)(=O)O[P+](=O)Oc1cc2cc(NNC(=O)c3ccccc3)c(Cl)cc2[nH]c1=O. The smallest absolute Gasteiger partial charge is 0.319 e. The molecule has 2 aromatic carbocycles. The number of aromatic nitrogens is 1. The van der Waals surface area contributed by atoms with E-state index in [2.05, 4.69) is 26.4 Å². The normalized spacial score (nSPS) is 11.6. The van der Waals surface area contributed by atoms with E-state index in [-0.39, 0.29) is 5.02 Å². The molecule has 0 saturated heterocycles. The molecule has 1 unspecified atom stereocenters. The van der Waals surface area contributed by atoms with Crippen LogP contribution in [0.5, 0.6) is 5.75 Å². The number of aromatic amines is 1. The number of halogens is 1. The standard InChI is InChI=1S/C19H15ClN3O7PS/c1-2-8-32(27,28)30-31(26)29-17-10-13-9-16(14(20)11-15(13)21-19(17)25)22-23-18(24)12-6-4-3-5-7-12/h2-7,9-11,22H,1,8H2,(H-,21,23,24,25)/p+1. The predicted octanol–water partition coefficient (Wildman–Crippen LogP) is 3.51. The Morgan fingerprint density at radius 1 is 1.22 bits per heavy atom. The maximum atomic E-state index is 12.2. The van der Waals surface area contributed by atoms with E-state index >= 15 is 0 Å². The van der Waals surface area contributed by atoms with Crippen LogP contribution in [0.2, 0.25) is 5.02 Å². The van der Waals surface area contributed by atoms with Crippen molar-refractivity contribution in [3.05, 3.63) is 82.1 Å². The van der Waals surface area contributed by atoms with Gasteiger partial charge in [0.15, 0.2) is 0 Å². The summed E-state index contributed by atoms with van der Waals surface area (Å²) in [7, 11) is -7.35. The Bertz CT molecular complexity index is 1360. The van der Waals surface area contributed by atoms with E-state index in [1.165, 1.54) is 18.2 Å². The molecule has 0 bridgehead atoms. The first kappa shape index (κ1) is 23.4. The summed E-state index contributed by atoms with van der Waals surface area (Å²) in [6.45, 7) is 3.25. The van der Waals surface area contributed by atoms with Crippen molar-refractivity contribution >= 4 is 52.5 Å². The first-order valence-corrected chi connectivity index (χ1v) is 11.9. The number of H-pyrrole nitrogens is 1. The molecule has 0 fully saturated rings. The van der Waals surface area contributed by atoms with Crippen LogP contribution in [0.15, 0.2) is 66.0 Å². The highest BCUT2D eigenvalue weighted by Gasteiger charge is 2.33. The van der Waals surface area contributed by atoms with Crippen molar-refractivity contribution in [2.75, 3.05) is 11.2 Å². The summed E-state index contributed by atoms with van der Waals surface area (Å²) in [6, 6.07) is 12.6. The number of benzene rings is 2. The zero-order chi connectivity index (χ0) is 23.3. The molecule has 0 spiro atoms. The van der Waals surface area contributed by atoms with Gasteiger partial charge in [0.05, 0.1) is 22.0 Å². The van der Waals surface area contributed by atoms with Gasteiger partial charge in [0.25, 0.3) is 17.2 Å². The fourth-order valence-electron chi connectivity index (χ4n) is 2.52. The van der Waals surface area contributed by atoms with Gasteiger partial charge in [-0.05, 0) is 24.3 Å². The summed E-state index contributed by atoms with van der Waals surface area (Å²) in [5.74, 6) is -1.41. The van der Waals surface area contributed by atoms with Crippen molar-refractivity contribution in [1.82, 2.24) is 10.4 Å². The monoisotopic (exact) mass is 496 g/mol. The number of pyridine rings is 1. The summed E-state index contributed by atoms with van der Waals surface area (Å²) in [5, 5.41) is 0.581. The number of hydrogen-bond acceptors (Lipinski definition) is 8. The van der Waals surface area contributed by atoms with Crippen molar-refractivity contribution in [3.8, 4) is 5.75 Å². The molecule has 1 heterocycles. The number of carbonyl (C=O) groups is 1. The van der Waals surface area contributed by atoms with Gasteiger partial charge in [-0.1, -0.05) is 35.9 Å². The molecule has 10 nitrogen and oxygen atoms in total. The third-order valence-electron chi connectivity index (χ3n) is 3.91. The van der Waals surface area contributed by atoms with Crippen molar-refractivity contribution in [2.45, 2.75) is 0 Å². The Labute approximate surface area is 188 Å². The van der Waals surface area contributed by atoms with Crippen molar-refractivity contribution in [2.24, 2.45) is 0 Å². The summed E-state index contributed by atoms with van der Waals surface area (Å²) in [6.07, 6.45) is 1.05. The van der Waals surface area contributed by atoms with Crippen LogP contribution in [-0.2, 0) is 18.7 Å². The van der Waals surface area contributed by atoms with Crippen LogP contribution in [0.4, 0.5) is 5.69 Å². The van der Waals surface area contributed by atoms with Crippen molar-refractivity contribution in [3.63, 3.8) is 0 Å². The van der Waals surface area contributed by atoms with E-state index in [1.54, 1.807) is 30.3 Å². The Hall–Kier alpha value is -3.24. The lowest BCUT2D eigenvalue weighted by atomic mass is 10.2. The van der Waals surface area contributed by atoms with Crippen LogP contribution in [0, 0.1) is 0 Å². The molecule has 1 amide bonds. The molecule has 0 aliphatic rings. The van der Waals surface area contributed by atoms with Crippen LogP contribution >= 0.6 is 19.9 Å². The van der Waals surface area contributed by atoms with E-state index in [1.807, 2.05) is 0 Å². The lowest BCUT2D eigenvalue weighted by molar-refractivity contribution is 0.0962. The summed E-state index contributed by atoms with van der Waals surface area (Å²) in [4.78, 5) is 26.9. The molecule has 1 atom stereocenters. The number of hydrogen-bond donors (Lipinski definition) is 3. The van der Waals surface area contributed by atoms with Crippen molar-refractivity contribution < 1.29 is 26.3 Å². The van der Waals surface area contributed by atoms with Gasteiger partial charge in [-0.3, -0.25) is 20.4 Å². The minimum Gasteiger partial charge on any atom is -0.319 e. The van der Waals surface area contributed by atoms with E-state index in [4.69, 9.17) is 16.1 Å². The van der Waals surface area contributed by atoms with Gasteiger partial charge in [0.1, 0.15) is 0 Å². The van der Waals surface area contributed by atoms with E-state index < -0.39 is 41.3 Å². The third-order valence-corrected chi connectivity index (χ3v) is 6.61. The third kappa shape index (κ3) is 5.92. The summed E-state index contributed by atoms with van der Waals surface area (Å²) >= 11 is 6.20. The maximum absolute atomic E-state index is 12.2. The van der Waals surface area contributed by atoms with Crippen molar-refractivity contribution in [1.29, 1.82) is 0 Å². The number of rotatable bonds is 9. The zero-order valence-corrected chi connectivity index (χ0v) is 18.7. The molecule has 0 aliphatic heterocycles. The Balaban J connectivity index is 1.81. The molecule has 13 heteroatoms. The molecule has 3 N–H and O–H groups in total. The Kier molecular flexibility index (Phi) is 7.26. The molecule has 32 heavy (non-hydrogen) atoms. The number of carbonyl (C=O) groups excluding carboxylic acids is 1. The minimum absolute atomic E-state index is 0.195. The topological polar surface area (TPSA) is 144 Å². The lowest BCUT2D eigenvalue weighted by Gasteiger charge is -2.11. The summed E-state index contributed by atoms with van der Waals surface area (Å²) in [5.41, 5.74) is 5.46. The first-order valence-electron chi connectivity index (χ1n) is 8.85. The molecule has 166 valence electrons. The average molecular weight is 497 g/mol. The maximum Gasteiger partial charge on any atom is 0.767 e. The molecule has 0 aliphatic carbocycles. The number of nitrogens with one attached hydrogen (secondary N) is 3. The lowest BCUT2D eigenvalue weighted by Crippen LogP contribution is -2.29. The highest BCUT2D eigenvalue weighted by Crippen LogP contribution is 2.32. The van der Waals surface area contributed by atoms with E-state index in [0.717, 1.165) is 6.08 Å². The summed E-state index contributed by atoms with van der Waals surface area (Å²) < 4.78 is 44.2. The van der Waals surface area contributed by atoms with Gasteiger partial charge in [0, 0.05) is 25.6 Å². The largest absolute Gasteiger partial charge is 0.767 e. The molecule has 0 radical (unpaired) electrons. The van der Waals surface area contributed by atoms with Crippen LogP contribution < -0.4 is 20.9 Å². The van der Waals surface area contributed by atoms with Crippen LogP contribution in [0.3, 0.4) is 0 Å². The highest BCUT2D eigenvalue weighted by molar-refractivity contribution is 7.89.